The zero-order chi connectivity index (χ0) is 17.6. The maximum absolute atomic E-state index is 13.6. The fourth-order valence-corrected chi connectivity index (χ4v) is 3.55. The molecule has 0 saturated carbocycles. The van der Waals surface area contributed by atoms with E-state index < -0.39 is 15.8 Å². The van der Waals surface area contributed by atoms with Crippen LogP contribution in [0.2, 0.25) is 0 Å². The molecule has 0 bridgehead atoms. The van der Waals surface area contributed by atoms with Crippen LogP contribution in [0.4, 0.5) is 4.39 Å². The molecule has 0 unspecified atom stereocenters. The average molecular weight is 355 g/mol. The highest BCUT2D eigenvalue weighted by atomic mass is 32.2. The maximum Gasteiger partial charge on any atom is 0.215 e. The van der Waals surface area contributed by atoms with Crippen molar-refractivity contribution in [3.63, 3.8) is 0 Å². The van der Waals surface area contributed by atoms with Crippen molar-refractivity contribution in [2.75, 3.05) is 20.3 Å². The standard InChI is InChI=1S/C16H22FN3O3S/c1-13-11-18-16(20(13)9-10-23-2)7-8-19-24(21,22)12-14-5-3-4-6-15(14)17/h3-6,11,19H,7-10,12H2,1-2H3. The molecule has 2 rings (SSSR count). The van der Waals surface area contributed by atoms with Crippen LogP contribution in [-0.2, 0) is 33.5 Å². The summed E-state index contributed by atoms with van der Waals surface area (Å²) in [5.41, 5.74) is 1.15. The number of halogens is 1. The molecule has 24 heavy (non-hydrogen) atoms. The summed E-state index contributed by atoms with van der Waals surface area (Å²) in [6, 6.07) is 5.86. The Balaban J connectivity index is 1.93. The quantitative estimate of drug-likeness (QED) is 0.742. The van der Waals surface area contributed by atoms with Crippen molar-refractivity contribution in [3.8, 4) is 0 Å². The summed E-state index contributed by atoms with van der Waals surface area (Å²) in [7, 11) is -1.97. The van der Waals surface area contributed by atoms with Gasteiger partial charge in [-0.25, -0.2) is 22.5 Å². The Morgan fingerprint density at radius 1 is 1.33 bits per heavy atom. The molecule has 1 N–H and O–H groups in total. The highest BCUT2D eigenvalue weighted by molar-refractivity contribution is 7.88. The van der Waals surface area contributed by atoms with Gasteiger partial charge >= 0.3 is 0 Å². The molecule has 0 spiro atoms. The van der Waals surface area contributed by atoms with Gasteiger partial charge in [-0.2, -0.15) is 0 Å². The number of hydrogen-bond acceptors (Lipinski definition) is 4. The van der Waals surface area contributed by atoms with Crippen LogP contribution in [0.5, 0.6) is 0 Å². The Bertz CT molecular complexity index is 775. The van der Waals surface area contributed by atoms with Crippen molar-refractivity contribution >= 4 is 10.0 Å². The Labute approximate surface area is 141 Å². The number of aromatic nitrogens is 2. The van der Waals surface area contributed by atoms with Crippen LogP contribution < -0.4 is 4.72 Å². The van der Waals surface area contributed by atoms with Gasteiger partial charge in [0, 0.05) is 44.1 Å². The Hall–Kier alpha value is -1.77. The zero-order valence-corrected chi connectivity index (χ0v) is 14.6. The van der Waals surface area contributed by atoms with Crippen LogP contribution in [0, 0.1) is 12.7 Å². The highest BCUT2D eigenvalue weighted by Gasteiger charge is 2.15. The largest absolute Gasteiger partial charge is 0.383 e. The number of nitrogens with zero attached hydrogens (tertiary/aromatic N) is 2. The smallest absolute Gasteiger partial charge is 0.215 e. The number of imidazole rings is 1. The van der Waals surface area contributed by atoms with Gasteiger partial charge in [0.25, 0.3) is 0 Å². The van der Waals surface area contributed by atoms with Gasteiger partial charge in [0.15, 0.2) is 0 Å². The fraction of sp³-hybridized carbons (Fsp3) is 0.438. The van der Waals surface area contributed by atoms with Crippen molar-refractivity contribution in [1.29, 1.82) is 0 Å². The molecule has 0 aliphatic rings. The number of methoxy groups -OCH3 is 1. The van der Waals surface area contributed by atoms with Gasteiger partial charge in [-0.15, -0.1) is 0 Å². The van der Waals surface area contributed by atoms with Gasteiger partial charge in [0.2, 0.25) is 10.0 Å². The van der Waals surface area contributed by atoms with Crippen LogP contribution in [0.3, 0.4) is 0 Å². The molecule has 0 aliphatic carbocycles. The Morgan fingerprint density at radius 3 is 2.79 bits per heavy atom. The first-order valence-corrected chi connectivity index (χ1v) is 9.29. The van der Waals surface area contributed by atoms with Crippen LogP contribution in [0.1, 0.15) is 17.1 Å². The first kappa shape index (κ1) is 18.6. The Kier molecular flexibility index (Phi) is 6.47. The highest BCUT2D eigenvalue weighted by Crippen LogP contribution is 2.10. The summed E-state index contributed by atoms with van der Waals surface area (Å²) in [5.74, 6) is -0.108. The van der Waals surface area contributed by atoms with E-state index in [1.807, 2.05) is 11.5 Å². The van der Waals surface area contributed by atoms with Crippen LogP contribution in [0.15, 0.2) is 30.5 Å². The summed E-state index contributed by atoms with van der Waals surface area (Å²) < 4.78 is 47.3. The first-order valence-electron chi connectivity index (χ1n) is 7.63. The summed E-state index contributed by atoms with van der Waals surface area (Å²) in [6.45, 7) is 3.37. The van der Waals surface area contributed by atoms with E-state index in [1.165, 1.54) is 18.2 Å². The number of rotatable bonds is 9. The second kappa shape index (κ2) is 8.36. The predicted octanol–water partition coefficient (Wildman–Crippen LogP) is 1.64. The summed E-state index contributed by atoms with van der Waals surface area (Å²) in [4.78, 5) is 4.30. The molecule has 1 aromatic heterocycles. The molecule has 8 heteroatoms. The molecule has 0 amide bonds. The Morgan fingerprint density at radius 2 is 2.08 bits per heavy atom. The van der Waals surface area contributed by atoms with Gasteiger partial charge in [0.1, 0.15) is 11.6 Å². The molecular formula is C16H22FN3O3S. The van der Waals surface area contributed by atoms with E-state index >= 15 is 0 Å². The molecule has 0 saturated heterocycles. The summed E-state index contributed by atoms with van der Waals surface area (Å²) >= 11 is 0. The fourth-order valence-electron chi connectivity index (χ4n) is 2.39. The van der Waals surface area contributed by atoms with E-state index in [2.05, 4.69) is 9.71 Å². The lowest BCUT2D eigenvalue weighted by atomic mass is 10.2. The predicted molar refractivity (Wildman–Crippen MR) is 89.6 cm³/mol. The van der Waals surface area contributed by atoms with Crippen LogP contribution >= 0.6 is 0 Å². The molecular weight excluding hydrogens is 333 g/mol. The van der Waals surface area contributed by atoms with Crippen molar-refractivity contribution in [3.05, 3.63) is 53.4 Å². The van der Waals surface area contributed by atoms with Crippen molar-refractivity contribution in [2.45, 2.75) is 25.6 Å². The van der Waals surface area contributed by atoms with E-state index in [-0.39, 0.29) is 17.9 Å². The van der Waals surface area contributed by atoms with E-state index in [0.717, 1.165) is 11.5 Å². The molecule has 1 aromatic carbocycles. The second-order valence-corrected chi connectivity index (χ2v) is 7.26. The number of aryl methyl sites for hydroxylation is 1. The lowest BCUT2D eigenvalue weighted by molar-refractivity contribution is 0.185. The molecule has 0 aliphatic heterocycles. The number of ether oxygens (including phenoxy) is 1. The van der Waals surface area contributed by atoms with Gasteiger partial charge in [-0.1, -0.05) is 18.2 Å². The molecule has 0 fully saturated rings. The number of hydrogen-bond donors (Lipinski definition) is 1. The lowest BCUT2D eigenvalue weighted by Gasteiger charge is -2.10. The van der Waals surface area contributed by atoms with Crippen molar-refractivity contribution < 1.29 is 17.5 Å². The van der Waals surface area contributed by atoms with Gasteiger partial charge < -0.3 is 9.30 Å². The van der Waals surface area contributed by atoms with Gasteiger partial charge in [-0.3, -0.25) is 0 Å². The third kappa shape index (κ3) is 5.12. The van der Waals surface area contributed by atoms with E-state index in [1.54, 1.807) is 19.4 Å². The minimum Gasteiger partial charge on any atom is -0.383 e. The minimum absolute atomic E-state index is 0.155. The maximum atomic E-state index is 13.6. The summed E-state index contributed by atoms with van der Waals surface area (Å²) in [6.07, 6.45) is 2.20. The molecule has 0 radical (unpaired) electrons. The molecule has 1 heterocycles. The van der Waals surface area contributed by atoms with E-state index in [4.69, 9.17) is 4.74 Å². The van der Waals surface area contributed by atoms with Gasteiger partial charge in [-0.05, 0) is 13.0 Å². The summed E-state index contributed by atoms with van der Waals surface area (Å²) in [5, 5.41) is 0. The SMILES string of the molecule is COCCn1c(C)cnc1CCNS(=O)(=O)Cc1ccccc1F. The number of nitrogens with one attached hydrogen (secondary N) is 1. The molecule has 2 aromatic rings. The van der Waals surface area contributed by atoms with Crippen LogP contribution in [-0.4, -0.2) is 38.2 Å². The van der Waals surface area contributed by atoms with E-state index in [9.17, 15) is 12.8 Å². The lowest BCUT2D eigenvalue weighted by Crippen LogP contribution is -2.28. The third-order valence-electron chi connectivity index (χ3n) is 3.63. The molecule has 0 atom stereocenters. The monoisotopic (exact) mass is 355 g/mol. The van der Waals surface area contributed by atoms with Crippen molar-refractivity contribution in [2.24, 2.45) is 0 Å². The minimum atomic E-state index is -3.60. The number of benzene rings is 1. The van der Waals surface area contributed by atoms with Gasteiger partial charge in [0.05, 0.1) is 12.4 Å². The van der Waals surface area contributed by atoms with E-state index in [0.29, 0.717) is 19.6 Å². The number of sulfonamides is 1. The normalized spacial score (nSPS) is 11.8. The first-order chi connectivity index (χ1) is 11.4. The average Bonchev–Trinajstić information content (AvgIpc) is 2.87. The van der Waals surface area contributed by atoms with Crippen LogP contribution in [0.25, 0.3) is 0 Å². The topological polar surface area (TPSA) is 73.2 Å². The van der Waals surface area contributed by atoms with Crippen molar-refractivity contribution in [1.82, 2.24) is 14.3 Å². The zero-order valence-electron chi connectivity index (χ0n) is 13.8. The second-order valence-electron chi connectivity index (χ2n) is 5.46. The third-order valence-corrected chi connectivity index (χ3v) is 4.97. The molecule has 132 valence electrons. The molecule has 6 nitrogen and oxygen atoms in total.